The van der Waals surface area contributed by atoms with Gasteiger partial charge in [0.15, 0.2) is 4.80 Å². The van der Waals surface area contributed by atoms with Crippen molar-refractivity contribution in [1.82, 2.24) is 9.55 Å². The highest BCUT2D eigenvalue weighted by atomic mass is 32.1. The van der Waals surface area contributed by atoms with Gasteiger partial charge in [-0.15, -0.1) is 0 Å². The molecule has 0 aliphatic carbocycles. The first-order valence-electron chi connectivity index (χ1n) is 7.26. The topological polar surface area (TPSA) is 71.0 Å². The summed E-state index contributed by atoms with van der Waals surface area (Å²) in [5.74, 6) is 0. The molecule has 114 valence electrons. The van der Waals surface area contributed by atoms with Crippen molar-refractivity contribution >= 4 is 27.2 Å². The molecule has 6 heteroatoms. The average molecular weight is 322 g/mol. The lowest BCUT2D eigenvalue weighted by molar-refractivity contribution is 0.640. The SMILES string of the molecule is CCCn1c(=Nc2ccc(C#N)cc2)sc2ncccc2c1=O. The van der Waals surface area contributed by atoms with Gasteiger partial charge in [-0.05, 0) is 42.8 Å². The molecule has 0 atom stereocenters. The molecule has 0 N–H and O–H groups in total. The minimum Gasteiger partial charge on any atom is -0.284 e. The fourth-order valence-electron chi connectivity index (χ4n) is 2.23. The van der Waals surface area contributed by atoms with Crippen molar-refractivity contribution in [2.24, 2.45) is 4.99 Å². The zero-order chi connectivity index (χ0) is 16.2. The Balaban J connectivity index is 2.26. The number of benzene rings is 1. The molecule has 0 unspecified atom stereocenters. The molecule has 0 bridgehead atoms. The van der Waals surface area contributed by atoms with E-state index in [1.165, 1.54) is 11.3 Å². The van der Waals surface area contributed by atoms with Crippen molar-refractivity contribution in [3.8, 4) is 6.07 Å². The zero-order valence-corrected chi connectivity index (χ0v) is 13.4. The number of fused-ring (bicyclic) bond motifs is 1. The minimum atomic E-state index is -0.0684. The van der Waals surface area contributed by atoms with Crippen LogP contribution in [-0.4, -0.2) is 9.55 Å². The van der Waals surface area contributed by atoms with Gasteiger partial charge in [-0.3, -0.25) is 9.36 Å². The smallest absolute Gasteiger partial charge is 0.263 e. The molecule has 1 aromatic carbocycles. The van der Waals surface area contributed by atoms with Gasteiger partial charge in [0.25, 0.3) is 5.56 Å². The number of aromatic nitrogens is 2. The van der Waals surface area contributed by atoms with Crippen molar-refractivity contribution in [3.63, 3.8) is 0 Å². The Morgan fingerprint density at radius 1 is 1.30 bits per heavy atom. The summed E-state index contributed by atoms with van der Waals surface area (Å²) < 4.78 is 1.69. The third kappa shape index (κ3) is 3.05. The molecule has 23 heavy (non-hydrogen) atoms. The van der Waals surface area contributed by atoms with Crippen LogP contribution in [-0.2, 0) is 6.54 Å². The second kappa shape index (κ2) is 6.55. The van der Waals surface area contributed by atoms with E-state index in [1.54, 1.807) is 47.2 Å². The van der Waals surface area contributed by atoms with E-state index >= 15 is 0 Å². The van der Waals surface area contributed by atoms with Crippen molar-refractivity contribution in [1.29, 1.82) is 5.26 Å². The number of nitriles is 1. The lowest BCUT2D eigenvalue weighted by Gasteiger charge is -2.06. The number of rotatable bonds is 3. The monoisotopic (exact) mass is 322 g/mol. The minimum absolute atomic E-state index is 0.0684. The van der Waals surface area contributed by atoms with Gasteiger partial charge in [0.1, 0.15) is 4.83 Å². The van der Waals surface area contributed by atoms with Gasteiger partial charge in [-0.1, -0.05) is 18.3 Å². The highest BCUT2D eigenvalue weighted by molar-refractivity contribution is 7.15. The van der Waals surface area contributed by atoms with Crippen LogP contribution in [0.15, 0.2) is 52.4 Å². The van der Waals surface area contributed by atoms with Gasteiger partial charge in [-0.2, -0.15) is 5.26 Å². The van der Waals surface area contributed by atoms with E-state index in [1.807, 2.05) is 6.92 Å². The van der Waals surface area contributed by atoms with Gasteiger partial charge in [0.05, 0.1) is 22.7 Å². The maximum atomic E-state index is 12.7. The molecule has 3 aromatic rings. The summed E-state index contributed by atoms with van der Waals surface area (Å²) in [7, 11) is 0. The average Bonchev–Trinajstić information content (AvgIpc) is 2.59. The number of hydrogen-bond donors (Lipinski definition) is 0. The van der Waals surface area contributed by atoms with E-state index in [9.17, 15) is 4.79 Å². The molecule has 3 rings (SSSR count). The quantitative estimate of drug-likeness (QED) is 0.744. The summed E-state index contributed by atoms with van der Waals surface area (Å²) in [6, 6.07) is 12.6. The van der Waals surface area contributed by atoms with Crippen molar-refractivity contribution in [3.05, 3.63) is 63.3 Å². The number of nitrogens with zero attached hydrogens (tertiary/aromatic N) is 4. The Morgan fingerprint density at radius 2 is 2.09 bits per heavy atom. The Kier molecular flexibility index (Phi) is 4.31. The van der Waals surface area contributed by atoms with Gasteiger partial charge in [0.2, 0.25) is 0 Å². The Morgan fingerprint density at radius 3 is 2.78 bits per heavy atom. The summed E-state index contributed by atoms with van der Waals surface area (Å²) in [6.45, 7) is 2.63. The van der Waals surface area contributed by atoms with Crippen LogP contribution in [0.4, 0.5) is 5.69 Å². The Hall–Kier alpha value is -2.78. The van der Waals surface area contributed by atoms with Crippen molar-refractivity contribution in [2.45, 2.75) is 19.9 Å². The maximum absolute atomic E-state index is 12.7. The lowest BCUT2D eigenvalue weighted by Crippen LogP contribution is -2.31. The summed E-state index contributed by atoms with van der Waals surface area (Å²) in [5.41, 5.74) is 1.22. The van der Waals surface area contributed by atoms with E-state index in [2.05, 4.69) is 16.0 Å². The largest absolute Gasteiger partial charge is 0.284 e. The maximum Gasteiger partial charge on any atom is 0.263 e. The van der Waals surface area contributed by atoms with Gasteiger partial charge in [-0.25, -0.2) is 9.98 Å². The van der Waals surface area contributed by atoms with Gasteiger partial charge in [0, 0.05) is 12.7 Å². The Bertz CT molecular complexity index is 1010. The highest BCUT2D eigenvalue weighted by Crippen LogP contribution is 2.13. The second-order valence-electron chi connectivity index (χ2n) is 4.97. The van der Waals surface area contributed by atoms with E-state index in [4.69, 9.17) is 5.26 Å². The van der Waals surface area contributed by atoms with Crippen LogP contribution in [0.1, 0.15) is 18.9 Å². The molecule has 5 nitrogen and oxygen atoms in total. The first kappa shape index (κ1) is 15.1. The van der Waals surface area contributed by atoms with Crippen LogP contribution < -0.4 is 10.4 Å². The summed E-state index contributed by atoms with van der Waals surface area (Å²) in [5, 5.41) is 9.47. The Labute approximate surface area is 136 Å². The molecule has 0 amide bonds. The van der Waals surface area contributed by atoms with Gasteiger partial charge >= 0.3 is 0 Å². The van der Waals surface area contributed by atoms with Crippen LogP contribution in [0.3, 0.4) is 0 Å². The van der Waals surface area contributed by atoms with Crippen LogP contribution in [0, 0.1) is 11.3 Å². The molecule has 2 aromatic heterocycles. The van der Waals surface area contributed by atoms with E-state index in [0.29, 0.717) is 32.8 Å². The number of pyridine rings is 1. The van der Waals surface area contributed by atoms with Crippen LogP contribution in [0.5, 0.6) is 0 Å². The van der Waals surface area contributed by atoms with Crippen LogP contribution in [0.25, 0.3) is 10.2 Å². The molecular weight excluding hydrogens is 308 g/mol. The molecular formula is C17H14N4OS. The van der Waals surface area contributed by atoms with E-state index < -0.39 is 0 Å². The fraction of sp³-hybridized carbons (Fsp3) is 0.176. The second-order valence-corrected chi connectivity index (χ2v) is 5.92. The third-order valence-corrected chi connectivity index (χ3v) is 4.35. The standard InChI is InChI=1S/C17H14N4OS/c1-2-10-21-16(22)14-4-3-9-19-15(14)23-17(21)20-13-7-5-12(11-18)6-8-13/h3-9H,2,10H2,1H3. The molecule has 0 spiro atoms. The van der Waals surface area contributed by atoms with Crippen LogP contribution >= 0.6 is 11.3 Å². The predicted octanol–water partition coefficient (Wildman–Crippen LogP) is 2.97. The lowest BCUT2D eigenvalue weighted by atomic mass is 10.2. The van der Waals surface area contributed by atoms with Crippen molar-refractivity contribution < 1.29 is 0 Å². The summed E-state index contributed by atoms with van der Waals surface area (Å²) >= 11 is 1.39. The predicted molar refractivity (Wildman–Crippen MR) is 90.6 cm³/mol. The van der Waals surface area contributed by atoms with E-state index in [0.717, 1.165) is 6.42 Å². The first-order chi connectivity index (χ1) is 11.2. The summed E-state index contributed by atoms with van der Waals surface area (Å²) in [6.07, 6.45) is 2.52. The van der Waals surface area contributed by atoms with E-state index in [-0.39, 0.29) is 5.56 Å². The molecule has 0 saturated carbocycles. The zero-order valence-electron chi connectivity index (χ0n) is 12.6. The molecule has 0 fully saturated rings. The number of hydrogen-bond acceptors (Lipinski definition) is 5. The van der Waals surface area contributed by atoms with Crippen molar-refractivity contribution in [2.75, 3.05) is 0 Å². The normalized spacial score (nSPS) is 11.6. The molecule has 0 saturated heterocycles. The fourth-order valence-corrected chi connectivity index (χ4v) is 3.22. The third-order valence-electron chi connectivity index (χ3n) is 3.33. The van der Waals surface area contributed by atoms with Gasteiger partial charge < -0.3 is 0 Å². The highest BCUT2D eigenvalue weighted by Gasteiger charge is 2.07. The molecule has 0 radical (unpaired) electrons. The molecule has 2 heterocycles. The van der Waals surface area contributed by atoms with Crippen LogP contribution in [0.2, 0.25) is 0 Å². The molecule has 0 aliphatic rings. The summed E-state index contributed by atoms with van der Waals surface area (Å²) in [4.78, 5) is 22.8. The molecule has 0 aliphatic heterocycles. The first-order valence-corrected chi connectivity index (χ1v) is 8.08.